The fraction of sp³-hybridized carbons (Fsp3) is 1.00. The average Bonchev–Trinajstić information content (AvgIpc) is 2.21. The summed E-state index contributed by atoms with van der Waals surface area (Å²) < 4.78 is 26.3. The van der Waals surface area contributed by atoms with E-state index in [1.54, 1.807) is 4.31 Å². The highest BCUT2D eigenvalue weighted by Gasteiger charge is 2.38. The highest BCUT2D eigenvalue weighted by molar-refractivity contribution is 7.89. The topological polar surface area (TPSA) is 63.4 Å². The maximum Gasteiger partial charge on any atom is 0.214 e. The molecule has 1 fully saturated rings. The van der Waals surface area contributed by atoms with Crippen molar-refractivity contribution in [3.05, 3.63) is 0 Å². The van der Waals surface area contributed by atoms with E-state index in [1.165, 1.54) is 0 Å². The lowest BCUT2D eigenvalue weighted by molar-refractivity contribution is 0.155. The molecule has 2 unspecified atom stereocenters. The Bertz CT molecular complexity index is 365. The lowest BCUT2D eigenvalue weighted by atomic mass is 9.81. The van der Waals surface area contributed by atoms with Crippen molar-refractivity contribution in [2.75, 3.05) is 18.8 Å². The number of nitrogens with two attached hydrogens (primary N) is 1. The Morgan fingerprint density at radius 2 is 2.06 bits per heavy atom. The molecule has 4 nitrogen and oxygen atoms in total. The zero-order chi connectivity index (χ0) is 14.0. The maximum absolute atomic E-state index is 12.4. The number of rotatable bonds is 5. The van der Waals surface area contributed by atoms with Gasteiger partial charge in [-0.3, -0.25) is 0 Å². The minimum Gasteiger partial charge on any atom is -0.327 e. The predicted molar refractivity (Wildman–Crippen MR) is 75.8 cm³/mol. The molecule has 2 N–H and O–H groups in total. The normalized spacial score (nSPS) is 27.1. The summed E-state index contributed by atoms with van der Waals surface area (Å²) >= 11 is 0. The molecule has 1 aliphatic rings. The Morgan fingerprint density at radius 1 is 1.44 bits per heavy atom. The van der Waals surface area contributed by atoms with Crippen LogP contribution in [0.25, 0.3) is 0 Å². The molecule has 0 aromatic rings. The highest BCUT2D eigenvalue weighted by Crippen LogP contribution is 2.29. The van der Waals surface area contributed by atoms with Gasteiger partial charge in [0, 0.05) is 19.1 Å². The molecule has 0 radical (unpaired) electrons. The summed E-state index contributed by atoms with van der Waals surface area (Å²) in [6.07, 6.45) is 2.76. The van der Waals surface area contributed by atoms with Crippen molar-refractivity contribution in [1.82, 2.24) is 4.31 Å². The summed E-state index contributed by atoms with van der Waals surface area (Å²) in [5, 5.41) is 0. The summed E-state index contributed by atoms with van der Waals surface area (Å²) in [6.45, 7) is 9.33. The quantitative estimate of drug-likeness (QED) is 0.833. The van der Waals surface area contributed by atoms with Crippen molar-refractivity contribution in [3.8, 4) is 0 Å². The van der Waals surface area contributed by atoms with Gasteiger partial charge < -0.3 is 5.73 Å². The van der Waals surface area contributed by atoms with Crippen LogP contribution in [0.1, 0.15) is 47.0 Å². The molecule has 0 aromatic heterocycles. The van der Waals surface area contributed by atoms with Crippen molar-refractivity contribution in [2.24, 2.45) is 17.1 Å². The molecule has 0 spiro atoms. The van der Waals surface area contributed by atoms with Crippen molar-refractivity contribution in [1.29, 1.82) is 0 Å². The van der Waals surface area contributed by atoms with Gasteiger partial charge in [0.15, 0.2) is 0 Å². The van der Waals surface area contributed by atoms with Crippen LogP contribution in [0.2, 0.25) is 0 Å². The Morgan fingerprint density at radius 3 is 2.56 bits per heavy atom. The second-order valence-corrected chi connectivity index (χ2v) is 8.40. The van der Waals surface area contributed by atoms with Crippen molar-refractivity contribution in [2.45, 2.75) is 53.0 Å². The first-order valence-electron chi connectivity index (χ1n) is 6.92. The molecule has 1 aliphatic heterocycles. The molecule has 1 heterocycles. The van der Waals surface area contributed by atoms with Crippen LogP contribution in [0, 0.1) is 11.3 Å². The van der Waals surface area contributed by atoms with E-state index in [1.807, 2.05) is 6.92 Å². The molecule has 0 amide bonds. The van der Waals surface area contributed by atoms with E-state index in [9.17, 15) is 8.42 Å². The lowest BCUT2D eigenvalue weighted by Gasteiger charge is -2.42. The van der Waals surface area contributed by atoms with Gasteiger partial charge in [-0.25, -0.2) is 12.7 Å². The summed E-state index contributed by atoms with van der Waals surface area (Å²) in [5.74, 6) is 0.505. The van der Waals surface area contributed by atoms with E-state index in [4.69, 9.17) is 5.73 Å². The number of hydrogen-bond acceptors (Lipinski definition) is 3. The number of nitrogens with zero attached hydrogens (tertiary/aromatic N) is 1. The zero-order valence-corrected chi connectivity index (χ0v) is 13.0. The molecule has 2 atom stereocenters. The second kappa shape index (κ2) is 5.88. The van der Waals surface area contributed by atoms with Gasteiger partial charge in [0.1, 0.15) is 0 Å². The average molecular weight is 276 g/mol. The standard InChI is InChI=1S/C13H28N2O2S/c1-5-6-11(2)9-18(16,17)15-8-7-12(14)13(3,4)10-15/h11-12H,5-10,14H2,1-4H3. The Hall–Kier alpha value is -0.130. The number of piperidine rings is 1. The number of hydrogen-bond donors (Lipinski definition) is 1. The lowest BCUT2D eigenvalue weighted by Crippen LogP contribution is -2.54. The first-order chi connectivity index (χ1) is 8.19. The molecule has 108 valence electrons. The van der Waals surface area contributed by atoms with Crippen LogP contribution in [0.15, 0.2) is 0 Å². The van der Waals surface area contributed by atoms with E-state index >= 15 is 0 Å². The molecule has 0 aliphatic carbocycles. The largest absolute Gasteiger partial charge is 0.327 e. The SMILES string of the molecule is CCCC(C)CS(=O)(=O)N1CCC(N)C(C)(C)C1. The molecule has 0 bridgehead atoms. The van der Waals surface area contributed by atoms with E-state index in [-0.39, 0.29) is 23.1 Å². The van der Waals surface area contributed by atoms with E-state index in [2.05, 4.69) is 20.8 Å². The first-order valence-corrected chi connectivity index (χ1v) is 8.53. The molecule has 1 rings (SSSR count). The molecule has 1 saturated heterocycles. The third-order valence-corrected chi connectivity index (χ3v) is 6.04. The van der Waals surface area contributed by atoms with Crippen molar-refractivity contribution >= 4 is 10.0 Å². The fourth-order valence-corrected chi connectivity index (χ4v) is 4.61. The van der Waals surface area contributed by atoms with Gasteiger partial charge in [0.25, 0.3) is 0 Å². The van der Waals surface area contributed by atoms with Gasteiger partial charge >= 0.3 is 0 Å². The molecular weight excluding hydrogens is 248 g/mol. The summed E-state index contributed by atoms with van der Waals surface area (Å²) in [5.41, 5.74) is 5.92. The minimum absolute atomic E-state index is 0.0945. The Labute approximate surface area is 112 Å². The van der Waals surface area contributed by atoms with Crippen LogP contribution < -0.4 is 5.73 Å². The van der Waals surface area contributed by atoms with Crippen LogP contribution in [0.4, 0.5) is 0 Å². The van der Waals surface area contributed by atoms with Crippen LogP contribution >= 0.6 is 0 Å². The molecular formula is C13H28N2O2S. The molecule has 0 aromatic carbocycles. The number of sulfonamides is 1. The van der Waals surface area contributed by atoms with Gasteiger partial charge in [-0.1, -0.05) is 34.1 Å². The van der Waals surface area contributed by atoms with Crippen LogP contribution in [-0.4, -0.2) is 37.6 Å². The molecule has 18 heavy (non-hydrogen) atoms. The van der Waals surface area contributed by atoms with Gasteiger partial charge in [-0.05, 0) is 24.2 Å². The van der Waals surface area contributed by atoms with Crippen LogP contribution in [-0.2, 0) is 10.0 Å². The van der Waals surface area contributed by atoms with Crippen LogP contribution in [0.5, 0.6) is 0 Å². The Balaban J connectivity index is 2.69. The van der Waals surface area contributed by atoms with Gasteiger partial charge in [-0.2, -0.15) is 0 Å². The summed E-state index contributed by atoms with van der Waals surface area (Å²) in [4.78, 5) is 0. The van der Waals surface area contributed by atoms with Crippen molar-refractivity contribution < 1.29 is 8.42 Å². The van der Waals surface area contributed by atoms with Gasteiger partial charge in [0.05, 0.1) is 5.75 Å². The summed E-state index contributed by atoms with van der Waals surface area (Å²) in [7, 11) is -3.12. The maximum atomic E-state index is 12.4. The second-order valence-electron chi connectivity index (χ2n) is 6.39. The van der Waals surface area contributed by atoms with Crippen LogP contribution in [0.3, 0.4) is 0 Å². The molecule has 5 heteroatoms. The van der Waals surface area contributed by atoms with E-state index < -0.39 is 10.0 Å². The zero-order valence-electron chi connectivity index (χ0n) is 12.1. The third-order valence-electron chi connectivity index (χ3n) is 3.95. The summed E-state index contributed by atoms with van der Waals surface area (Å²) in [6, 6.07) is 0.0945. The van der Waals surface area contributed by atoms with Crippen molar-refractivity contribution in [3.63, 3.8) is 0 Å². The van der Waals surface area contributed by atoms with Gasteiger partial charge in [0.2, 0.25) is 10.0 Å². The monoisotopic (exact) mass is 276 g/mol. The van der Waals surface area contributed by atoms with E-state index in [0.29, 0.717) is 13.1 Å². The van der Waals surface area contributed by atoms with Gasteiger partial charge in [-0.15, -0.1) is 0 Å². The predicted octanol–water partition coefficient (Wildman–Crippen LogP) is 1.81. The first kappa shape index (κ1) is 15.9. The fourth-order valence-electron chi connectivity index (χ4n) is 2.60. The van der Waals surface area contributed by atoms with E-state index in [0.717, 1.165) is 19.3 Å². The highest BCUT2D eigenvalue weighted by atomic mass is 32.2. The third kappa shape index (κ3) is 3.93. The molecule has 0 saturated carbocycles. The Kier molecular flexibility index (Phi) is 5.21. The smallest absolute Gasteiger partial charge is 0.214 e. The minimum atomic E-state index is -3.12.